The van der Waals surface area contributed by atoms with E-state index in [0.29, 0.717) is 30.1 Å². The minimum Gasteiger partial charge on any atom is -0.387 e. The molecule has 8 nitrogen and oxygen atoms in total. The monoisotopic (exact) mass is 293 g/mol. The molecule has 0 saturated carbocycles. The van der Waals surface area contributed by atoms with Gasteiger partial charge in [0.2, 0.25) is 5.95 Å². The molecule has 8 heteroatoms. The third-order valence-corrected chi connectivity index (χ3v) is 2.97. The highest BCUT2D eigenvalue weighted by Crippen LogP contribution is 2.20. The van der Waals surface area contributed by atoms with E-state index >= 15 is 0 Å². The van der Waals surface area contributed by atoms with E-state index in [2.05, 4.69) is 15.3 Å². The Hall–Kier alpha value is -2.19. The third-order valence-electron chi connectivity index (χ3n) is 2.97. The number of hydrogen-bond donors (Lipinski definition) is 3. The first-order valence-electron chi connectivity index (χ1n) is 6.52. The zero-order valence-electron chi connectivity index (χ0n) is 12.3. The minimum atomic E-state index is -0.908. The van der Waals surface area contributed by atoms with Gasteiger partial charge in [-0.15, -0.1) is 0 Å². The van der Waals surface area contributed by atoms with Gasteiger partial charge in [0.25, 0.3) is 5.69 Å². The topological polar surface area (TPSA) is 107 Å². The van der Waals surface area contributed by atoms with Crippen LogP contribution in [0.3, 0.4) is 0 Å². The summed E-state index contributed by atoms with van der Waals surface area (Å²) >= 11 is 0. The lowest BCUT2D eigenvalue weighted by Crippen LogP contribution is -2.43. The molecule has 114 valence electrons. The fourth-order valence-corrected chi connectivity index (χ4v) is 2.21. The standard InChI is InChI=1S/C13H19N5O3/c1-13(19,8-17(2)3)7-14-12-15-10-5-4-9(18(20)21)6-11(10)16-12/h4-6,19H,7-8H2,1-3H3,(H2,14,15,16). The first-order chi connectivity index (χ1) is 9.77. The van der Waals surface area contributed by atoms with Crippen LogP contribution in [-0.4, -0.2) is 57.7 Å². The number of aliphatic hydroxyl groups is 1. The second-order valence-electron chi connectivity index (χ2n) is 5.63. The van der Waals surface area contributed by atoms with Crippen molar-refractivity contribution in [3.05, 3.63) is 28.3 Å². The average molecular weight is 293 g/mol. The van der Waals surface area contributed by atoms with Crippen molar-refractivity contribution in [1.29, 1.82) is 0 Å². The van der Waals surface area contributed by atoms with Gasteiger partial charge in [0.1, 0.15) is 0 Å². The number of aromatic amines is 1. The first-order valence-corrected chi connectivity index (χ1v) is 6.52. The van der Waals surface area contributed by atoms with Gasteiger partial charge in [0, 0.05) is 25.2 Å². The van der Waals surface area contributed by atoms with Gasteiger partial charge < -0.3 is 20.3 Å². The van der Waals surface area contributed by atoms with E-state index in [-0.39, 0.29) is 5.69 Å². The number of non-ortho nitro benzene ring substituents is 1. The Morgan fingerprint density at radius 2 is 2.24 bits per heavy atom. The highest BCUT2D eigenvalue weighted by Gasteiger charge is 2.21. The zero-order valence-corrected chi connectivity index (χ0v) is 12.3. The number of nitrogens with zero attached hydrogens (tertiary/aromatic N) is 3. The minimum absolute atomic E-state index is 0.0114. The van der Waals surface area contributed by atoms with E-state index in [1.807, 2.05) is 19.0 Å². The van der Waals surface area contributed by atoms with E-state index in [9.17, 15) is 15.2 Å². The molecule has 2 rings (SSSR count). The van der Waals surface area contributed by atoms with Crippen LogP contribution < -0.4 is 5.32 Å². The molecule has 1 heterocycles. The van der Waals surface area contributed by atoms with Crippen molar-refractivity contribution in [3.8, 4) is 0 Å². The summed E-state index contributed by atoms with van der Waals surface area (Å²) in [5.74, 6) is 0.476. The lowest BCUT2D eigenvalue weighted by Gasteiger charge is -2.26. The zero-order chi connectivity index (χ0) is 15.6. The lowest BCUT2D eigenvalue weighted by atomic mass is 10.1. The van der Waals surface area contributed by atoms with E-state index in [4.69, 9.17) is 0 Å². The molecule has 0 aliphatic rings. The Morgan fingerprint density at radius 3 is 2.86 bits per heavy atom. The van der Waals surface area contributed by atoms with E-state index < -0.39 is 10.5 Å². The molecule has 0 aliphatic carbocycles. The van der Waals surface area contributed by atoms with Crippen LogP contribution in [0.5, 0.6) is 0 Å². The van der Waals surface area contributed by atoms with Crippen LogP contribution in [0.1, 0.15) is 6.92 Å². The molecule has 21 heavy (non-hydrogen) atoms. The molecule has 1 unspecified atom stereocenters. The van der Waals surface area contributed by atoms with Gasteiger partial charge in [-0.1, -0.05) is 0 Å². The number of imidazole rings is 1. The number of rotatable bonds is 6. The molecule has 0 aliphatic heterocycles. The molecule has 0 bridgehead atoms. The molecule has 2 aromatic rings. The first kappa shape index (κ1) is 15.2. The maximum Gasteiger partial charge on any atom is 0.271 e. The summed E-state index contributed by atoms with van der Waals surface area (Å²) in [6.07, 6.45) is 0. The van der Waals surface area contributed by atoms with Crippen LogP contribution in [0.15, 0.2) is 18.2 Å². The van der Waals surface area contributed by atoms with E-state index in [1.54, 1.807) is 13.0 Å². The summed E-state index contributed by atoms with van der Waals surface area (Å²) in [7, 11) is 3.77. The Balaban J connectivity index is 2.11. The van der Waals surface area contributed by atoms with Crippen molar-refractivity contribution in [2.75, 3.05) is 32.5 Å². The third kappa shape index (κ3) is 3.89. The van der Waals surface area contributed by atoms with Crippen molar-refractivity contribution < 1.29 is 10.0 Å². The summed E-state index contributed by atoms with van der Waals surface area (Å²) in [5.41, 5.74) is 0.320. The maximum absolute atomic E-state index is 10.7. The van der Waals surface area contributed by atoms with Gasteiger partial charge in [0.15, 0.2) is 0 Å². The van der Waals surface area contributed by atoms with Crippen LogP contribution in [0.25, 0.3) is 11.0 Å². The van der Waals surface area contributed by atoms with Gasteiger partial charge in [0.05, 0.1) is 21.6 Å². The molecule has 1 aromatic carbocycles. The van der Waals surface area contributed by atoms with Gasteiger partial charge in [-0.05, 0) is 27.1 Å². The number of benzene rings is 1. The van der Waals surface area contributed by atoms with E-state index in [1.165, 1.54) is 12.1 Å². The predicted molar refractivity (Wildman–Crippen MR) is 80.4 cm³/mol. The number of nitro groups is 1. The van der Waals surface area contributed by atoms with Gasteiger partial charge >= 0.3 is 0 Å². The summed E-state index contributed by atoms with van der Waals surface area (Å²) < 4.78 is 0. The molecular formula is C13H19N5O3. The predicted octanol–water partition coefficient (Wildman–Crippen LogP) is 1.20. The molecule has 0 radical (unpaired) electrons. The Labute approximate surface area is 121 Å². The van der Waals surface area contributed by atoms with Crippen molar-refractivity contribution in [2.45, 2.75) is 12.5 Å². The Bertz CT molecular complexity index is 650. The Morgan fingerprint density at radius 1 is 1.52 bits per heavy atom. The van der Waals surface area contributed by atoms with Crippen molar-refractivity contribution in [2.24, 2.45) is 0 Å². The number of H-pyrrole nitrogens is 1. The second-order valence-corrected chi connectivity index (χ2v) is 5.63. The number of fused-ring (bicyclic) bond motifs is 1. The summed E-state index contributed by atoms with van der Waals surface area (Å²) in [4.78, 5) is 19.4. The number of likely N-dealkylation sites (N-methyl/N-ethyl adjacent to an activating group) is 1. The number of aromatic nitrogens is 2. The fourth-order valence-electron chi connectivity index (χ4n) is 2.21. The molecule has 0 fully saturated rings. The van der Waals surface area contributed by atoms with Crippen molar-refractivity contribution in [1.82, 2.24) is 14.9 Å². The van der Waals surface area contributed by atoms with Gasteiger partial charge in [-0.25, -0.2) is 4.98 Å². The summed E-state index contributed by atoms with van der Waals surface area (Å²) in [6.45, 7) is 2.55. The van der Waals surface area contributed by atoms with Crippen molar-refractivity contribution in [3.63, 3.8) is 0 Å². The smallest absolute Gasteiger partial charge is 0.271 e. The van der Waals surface area contributed by atoms with Crippen molar-refractivity contribution >= 4 is 22.7 Å². The molecule has 0 amide bonds. The van der Waals surface area contributed by atoms with Gasteiger partial charge in [-0.2, -0.15) is 0 Å². The molecule has 1 aromatic heterocycles. The quantitative estimate of drug-likeness (QED) is 0.545. The normalized spacial score (nSPS) is 14.3. The lowest BCUT2D eigenvalue weighted by molar-refractivity contribution is -0.384. The number of anilines is 1. The molecule has 0 saturated heterocycles. The highest BCUT2D eigenvalue weighted by molar-refractivity contribution is 5.79. The highest BCUT2D eigenvalue weighted by atomic mass is 16.6. The summed E-state index contributed by atoms with van der Waals surface area (Å²) in [6, 6.07) is 4.44. The van der Waals surface area contributed by atoms with Gasteiger partial charge in [-0.3, -0.25) is 10.1 Å². The van der Waals surface area contributed by atoms with Crippen LogP contribution in [0.2, 0.25) is 0 Å². The largest absolute Gasteiger partial charge is 0.387 e. The van der Waals surface area contributed by atoms with Crippen LogP contribution >= 0.6 is 0 Å². The second kappa shape index (κ2) is 5.66. The molecular weight excluding hydrogens is 274 g/mol. The molecule has 3 N–H and O–H groups in total. The SMILES string of the molecule is CN(C)CC(C)(O)CNc1nc2ccc([N+](=O)[O-])cc2[nH]1. The van der Waals surface area contributed by atoms with E-state index in [0.717, 1.165) is 0 Å². The fraction of sp³-hybridized carbons (Fsp3) is 0.462. The number of hydrogen-bond acceptors (Lipinski definition) is 6. The number of nitrogens with one attached hydrogen (secondary N) is 2. The average Bonchev–Trinajstić information content (AvgIpc) is 2.76. The maximum atomic E-state index is 10.7. The summed E-state index contributed by atoms with van der Waals surface area (Å²) in [5, 5.41) is 23.9. The van der Waals surface area contributed by atoms with Crippen LogP contribution in [0, 0.1) is 10.1 Å². The number of nitro benzene ring substituents is 1. The van der Waals surface area contributed by atoms with Crippen LogP contribution in [-0.2, 0) is 0 Å². The van der Waals surface area contributed by atoms with Crippen LogP contribution in [0.4, 0.5) is 11.6 Å². The molecule has 0 spiro atoms. The molecule has 1 atom stereocenters. The Kier molecular flexibility index (Phi) is 4.10.